The summed E-state index contributed by atoms with van der Waals surface area (Å²) in [6.45, 7) is 4.38. The molecular weight excluding hydrogens is 781 g/mol. The molecule has 0 bridgehead atoms. The SMILES string of the molecule is CC/C=C\C/C=C\C/C=C\C/C=C\C/C=C\C/C=C\CCCCCCCCCOCC(COC1OC(CO)C(O)C(O)C1O)OC(=O)CCCCCCC/C=C\CCCCCC. The number of aliphatic hydroxyl groups is 4. The van der Waals surface area contributed by atoms with E-state index in [2.05, 4.69) is 98.9 Å². The third-order valence-corrected chi connectivity index (χ3v) is 10.8. The van der Waals surface area contributed by atoms with Gasteiger partial charge in [0.25, 0.3) is 0 Å². The normalized spacial score (nSPS) is 20.5. The van der Waals surface area contributed by atoms with E-state index in [1.807, 2.05) is 0 Å². The van der Waals surface area contributed by atoms with Crippen molar-refractivity contribution in [2.24, 2.45) is 0 Å². The number of unbranched alkanes of at least 4 members (excludes halogenated alkanes) is 16. The van der Waals surface area contributed by atoms with Crippen molar-refractivity contribution >= 4 is 5.97 Å². The molecule has 1 rings (SSSR count). The first kappa shape index (κ1) is 57.4. The van der Waals surface area contributed by atoms with Gasteiger partial charge in [-0.1, -0.05) is 170 Å². The van der Waals surface area contributed by atoms with Gasteiger partial charge in [0.2, 0.25) is 0 Å². The van der Waals surface area contributed by atoms with Crippen molar-refractivity contribution in [3.05, 3.63) is 85.1 Å². The molecule has 0 radical (unpaired) electrons. The summed E-state index contributed by atoms with van der Waals surface area (Å²) in [7, 11) is 0. The van der Waals surface area contributed by atoms with Crippen LogP contribution in [0.4, 0.5) is 0 Å². The summed E-state index contributed by atoms with van der Waals surface area (Å²) in [5, 5.41) is 40.2. The Morgan fingerprint density at radius 1 is 0.532 bits per heavy atom. The first-order valence-electron chi connectivity index (χ1n) is 24.7. The Morgan fingerprint density at radius 2 is 0.984 bits per heavy atom. The maximum atomic E-state index is 12.8. The van der Waals surface area contributed by atoms with Gasteiger partial charge in [-0.15, -0.1) is 0 Å². The molecule has 9 nitrogen and oxygen atoms in total. The van der Waals surface area contributed by atoms with Crippen LogP contribution in [-0.4, -0.2) is 89.6 Å². The van der Waals surface area contributed by atoms with Crippen molar-refractivity contribution in [3.8, 4) is 0 Å². The van der Waals surface area contributed by atoms with Crippen molar-refractivity contribution in [3.63, 3.8) is 0 Å². The van der Waals surface area contributed by atoms with E-state index in [1.165, 1.54) is 57.8 Å². The molecule has 0 amide bonds. The highest BCUT2D eigenvalue weighted by Crippen LogP contribution is 2.22. The molecule has 6 atom stereocenters. The van der Waals surface area contributed by atoms with Crippen LogP contribution < -0.4 is 0 Å². The van der Waals surface area contributed by atoms with Gasteiger partial charge in [-0.2, -0.15) is 0 Å². The van der Waals surface area contributed by atoms with E-state index in [0.717, 1.165) is 103 Å². The zero-order chi connectivity index (χ0) is 45.0. The highest BCUT2D eigenvalue weighted by atomic mass is 16.7. The fourth-order valence-electron chi connectivity index (χ4n) is 6.96. The summed E-state index contributed by atoms with van der Waals surface area (Å²) in [5.41, 5.74) is 0. The Balaban J connectivity index is 2.22. The first-order valence-corrected chi connectivity index (χ1v) is 24.7. The van der Waals surface area contributed by atoms with Crippen LogP contribution in [0.2, 0.25) is 0 Å². The van der Waals surface area contributed by atoms with Gasteiger partial charge < -0.3 is 39.4 Å². The third-order valence-electron chi connectivity index (χ3n) is 10.8. The second-order valence-corrected chi connectivity index (χ2v) is 16.5. The molecule has 0 saturated carbocycles. The summed E-state index contributed by atoms with van der Waals surface area (Å²) in [4.78, 5) is 12.8. The molecule has 0 aliphatic carbocycles. The summed E-state index contributed by atoms with van der Waals surface area (Å²) < 4.78 is 22.8. The Bertz CT molecular complexity index is 1220. The van der Waals surface area contributed by atoms with Crippen molar-refractivity contribution in [1.29, 1.82) is 0 Å². The number of carbonyl (C=O) groups is 1. The molecule has 0 aromatic carbocycles. The fourth-order valence-corrected chi connectivity index (χ4v) is 6.96. The van der Waals surface area contributed by atoms with Crippen LogP contribution in [0.15, 0.2) is 85.1 Å². The lowest BCUT2D eigenvalue weighted by atomic mass is 9.99. The minimum absolute atomic E-state index is 0.126. The number of ether oxygens (including phenoxy) is 4. The summed E-state index contributed by atoms with van der Waals surface area (Å²) in [6, 6.07) is 0. The molecule has 0 aromatic rings. The standard InChI is InChI=1S/C53H90O9/c1-3-5-7-9-11-13-15-17-18-19-20-21-22-23-24-25-26-27-28-29-31-33-35-37-39-41-43-59-45-47(46-60-53-52(58)51(57)50(56)48(44-54)62-53)61-49(55)42-40-38-36-34-32-30-16-14-12-10-8-6-4-2/h5,7,11,13-14,16-18,20-21,23-24,26-27,47-48,50-54,56-58H,3-4,6,8-10,12,15,19,22,25,28-46H2,1-2H3/b7-5-,13-11-,16-14-,18-17-,21-20-,24-23-,27-26-. The van der Waals surface area contributed by atoms with Crippen LogP contribution in [0.1, 0.15) is 181 Å². The monoisotopic (exact) mass is 871 g/mol. The van der Waals surface area contributed by atoms with Crippen LogP contribution in [0.5, 0.6) is 0 Å². The van der Waals surface area contributed by atoms with Crippen molar-refractivity contribution in [1.82, 2.24) is 0 Å². The van der Waals surface area contributed by atoms with E-state index in [4.69, 9.17) is 18.9 Å². The molecule has 1 heterocycles. The molecule has 6 unspecified atom stereocenters. The van der Waals surface area contributed by atoms with E-state index >= 15 is 0 Å². The Hall–Kier alpha value is -2.63. The van der Waals surface area contributed by atoms with Gasteiger partial charge in [0.15, 0.2) is 6.29 Å². The summed E-state index contributed by atoms with van der Waals surface area (Å²) in [5.74, 6) is -0.331. The number of rotatable bonds is 41. The molecule has 0 spiro atoms. The largest absolute Gasteiger partial charge is 0.457 e. The lowest BCUT2D eigenvalue weighted by Crippen LogP contribution is -2.59. The molecule has 4 N–H and O–H groups in total. The Kier molecular flexibility index (Phi) is 40.4. The molecule has 1 aliphatic rings. The van der Waals surface area contributed by atoms with Gasteiger partial charge in [0.05, 0.1) is 19.8 Å². The zero-order valence-corrected chi connectivity index (χ0v) is 39.1. The first-order chi connectivity index (χ1) is 30.4. The second kappa shape index (κ2) is 43.6. The number of carbonyl (C=O) groups excluding carboxylic acids is 1. The molecule has 1 saturated heterocycles. The maximum Gasteiger partial charge on any atom is 0.306 e. The highest BCUT2D eigenvalue weighted by molar-refractivity contribution is 5.69. The molecule has 0 aromatic heterocycles. The Morgan fingerprint density at radius 3 is 1.50 bits per heavy atom. The number of allylic oxidation sites excluding steroid dienone is 14. The minimum atomic E-state index is -1.54. The van der Waals surface area contributed by atoms with E-state index in [9.17, 15) is 25.2 Å². The van der Waals surface area contributed by atoms with Gasteiger partial charge in [-0.3, -0.25) is 4.79 Å². The minimum Gasteiger partial charge on any atom is -0.457 e. The predicted molar refractivity (Wildman–Crippen MR) is 256 cm³/mol. The topological polar surface area (TPSA) is 135 Å². The van der Waals surface area contributed by atoms with Crippen LogP contribution >= 0.6 is 0 Å². The quantitative estimate of drug-likeness (QED) is 0.0269. The van der Waals surface area contributed by atoms with E-state index < -0.39 is 43.4 Å². The van der Waals surface area contributed by atoms with E-state index in [1.54, 1.807) is 0 Å². The lowest BCUT2D eigenvalue weighted by molar-refractivity contribution is -0.305. The van der Waals surface area contributed by atoms with Gasteiger partial charge in [0.1, 0.15) is 30.5 Å². The van der Waals surface area contributed by atoms with Crippen molar-refractivity contribution in [2.45, 2.75) is 218 Å². The number of aliphatic hydroxyl groups excluding tert-OH is 4. The third kappa shape index (κ3) is 33.9. The maximum absolute atomic E-state index is 12.8. The van der Waals surface area contributed by atoms with Crippen molar-refractivity contribution < 1.29 is 44.2 Å². The number of hydrogen-bond acceptors (Lipinski definition) is 9. The lowest BCUT2D eigenvalue weighted by Gasteiger charge is -2.39. The zero-order valence-electron chi connectivity index (χ0n) is 39.1. The van der Waals surface area contributed by atoms with Crippen LogP contribution in [0.25, 0.3) is 0 Å². The van der Waals surface area contributed by atoms with E-state index in [0.29, 0.717) is 13.0 Å². The van der Waals surface area contributed by atoms with Gasteiger partial charge >= 0.3 is 5.97 Å². The Labute approximate surface area is 378 Å². The fraction of sp³-hybridized carbons (Fsp3) is 0.717. The van der Waals surface area contributed by atoms with Crippen LogP contribution in [-0.2, 0) is 23.7 Å². The van der Waals surface area contributed by atoms with Gasteiger partial charge in [0, 0.05) is 13.0 Å². The summed E-state index contributed by atoms with van der Waals surface area (Å²) in [6.07, 6.45) is 51.8. The molecule has 9 heteroatoms. The van der Waals surface area contributed by atoms with Gasteiger partial charge in [-0.25, -0.2) is 0 Å². The smallest absolute Gasteiger partial charge is 0.306 e. The predicted octanol–water partition coefficient (Wildman–Crippen LogP) is 11.8. The van der Waals surface area contributed by atoms with E-state index in [-0.39, 0.29) is 19.2 Å². The summed E-state index contributed by atoms with van der Waals surface area (Å²) >= 11 is 0. The number of hydrogen-bond donors (Lipinski definition) is 4. The highest BCUT2D eigenvalue weighted by Gasteiger charge is 2.44. The van der Waals surface area contributed by atoms with Crippen LogP contribution in [0.3, 0.4) is 0 Å². The molecule has 1 aliphatic heterocycles. The van der Waals surface area contributed by atoms with Crippen molar-refractivity contribution in [2.75, 3.05) is 26.4 Å². The van der Waals surface area contributed by atoms with Gasteiger partial charge in [-0.05, 0) is 89.9 Å². The molecule has 62 heavy (non-hydrogen) atoms. The molecule has 1 fully saturated rings. The average molecular weight is 871 g/mol. The van der Waals surface area contributed by atoms with Crippen LogP contribution in [0, 0.1) is 0 Å². The number of esters is 1. The molecule has 356 valence electrons. The second-order valence-electron chi connectivity index (χ2n) is 16.5. The molecular formula is C53H90O9. The average Bonchev–Trinajstić information content (AvgIpc) is 3.27.